The average molecular weight is 491 g/mol. The molecule has 35 heavy (non-hydrogen) atoms. The number of nitrogens with one attached hydrogen (secondary N) is 1. The summed E-state index contributed by atoms with van der Waals surface area (Å²) in [5, 5.41) is 11.8. The minimum atomic E-state index is -0.428. The number of nitrogens with zero attached hydrogens (tertiary/aromatic N) is 3. The lowest BCUT2D eigenvalue weighted by Crippen LogP contribution is -2.23. The molecule has 1 atom stereocenters. The number of ether oxygens (including phenoxy) is 3. The molecule has 0 saturated heterocycles. The summed E-state index contributed by atoms with van der Waals surface area (Å²) in [4.78, 5) is 12.9. The van der Waals surface area contributed by atoms with Crippen LogP contribution in [0.1, 0.15) is 12.7 Å². The molecule has 1 N–H and O–H groups in total. The normalized spacial score (nSPS) is 11.5. The standard InChI is InChI=1S/C26H26N4O4S/c1-18(25(31)27-19-8-7-11-23(16-19)33-3)35-26-29-28-24(30(26)20-9-5-4-6-10-20)17-34-22-14-12-21(32-2)13-15-22/h4-16,18H,17H2,1-3H3,(H,27,31). The van der Waals surface area contributed by atoms with Crippen molar-refractivity contribution in [2.24, 2.45) is 0 Å². The van der Waals surface area contributed by atoms with E-state index >= 15 is 0 Å². The Morgan fingerprint density at radius 3 is 2.34 bits per heavy atom. The lowest BCUT2D eigenvalue weighted by Gasteiger charge is -2.14. The molecule has 1 heterocycles. The molecular weight excluding hydrogens is 464 g/mol. The first-order chi connectivity index (χ1) is 17.1. The highest BCUT2D eigenvalue weighted by Crippen LogP contribution is 2.28. The van der Waals surface area contributed by atoms with Gasteiger partial charge in [-0.05, 0) is 55.5 Å². The van der Waals surface area contributed by atoms with Gasteiger partial charge in [-0.25, -0.2) is 0 Å². The van der Waals surface area contributed by atoms with E-state index in [0.717, 1.165) is 11.4 Å². The number of benzene rings is 3. The van der Waals surface area contributed by atoms with Gasteiger partial charge >= 0.3 is 0 Å². The zero-order valence-electron chi connectivity index (χ0n) is 19.7. The Hall–Kier alpha value is -3.98. The first kappa shape index (κ1) is 24.2. The predicted molar refractivity (Wildman–Crippen MR) is 136 cm³/mol. The second kappa shape index (κ2) is 11.4. The number of thioether (sulfide) groups is 1. The van der Waals surface area contributed by atoms with Crippen molar-refractivity contribution in [3.05, 3.63) is 84.7 Å². The number of para-hydroxylation sites is 1. The maximum Gasteiger partial charge on any atom is 0.237 e. The molecule has 0 radical (unpaired) electrons. The third-order valence-corrected chi connectivity index (χ3v) is 6.17. The van der Waals surface area contributed by atoms with Crippen LogP contribution in [-0.2, 0) is 11.4 Å². The van der Waals surface area contributed by atoms with Gasteiger partial charge in [0.05, 0.1) is 19.5 Å². The van der Waals surface area contributed by atoms with Gasteiger partial charge in [-0.15, -0.1) is 10.2 Å². The monoisotopic (exact) mass is 490 g/mol. The van der Waals surface area contributed by atoms with E-state index in [1.54, 1.807) is 20.3 Å². The minimum Gasteiger partial charge on any atom is -0.497 e. The largest absolute Gasteiger partial charge is 0.497 e. The van der Waals surface area contributed by atoms with Crippen LogP contribution < -0.4 is 19.5 Å². The molecule has 1 aromatic heterocycles. The second-order valence-corrected chi connectivity index (χ2v) is 8.82. The summed E-state index contributed by atoms with van der Waals surface area (Å²) in [6.07, 6.45) is 0. The summed E-state index contributed by atoms with van der Waals surface area (Å²) in [7, 11) is 3.21. The Labute approximate surface area is 208 Å². The number of rotatable bonds is 10. The van der Waals surface area contributed by atoms with Crippen molar-refractivity contribution in [2.45, 2.75) is 23.9 Å². The van der Waals surface area contributed by atoms with Gasteiger partial charge in [-0.1, -0.05) is 36.0 Å². The van der Waals surface area contributed by atoms with E-state index in [-0.39, 0.29) is 12.5 Å². The first-order valence-electron chi connectivity index (χ1n) is 11.0. The summed E-state index contributed by atoms with van der Waals surface area (Å²) in [6, 6.07) is 24.3. The predicted octanol–water partition coefficient (Wildman–Crippen LogP) is 4.98. The molecule has 0 aliphatic heterocycles. The van der Waals surface area contributed by atoms with Crippen molar-refractivity contribution in [1.82, 2.24) is 14.8 Å². The zero-order chi connectivity index (χ0) is 24.6. The topological polar surface area (TPSA) is 87.5 Å². The summed E-state index contributed by atoms with van der Waals surface area (Å²) < 4.78 is 18.3. The molecule has 0 fully saturated rings. The van der Waals surface area contributed by atoms with Crippen LogP contribution in [0.5, 0.6) is 17.2 Å². The van der Waals surface area contributed by atoms with Gasteiger partial charge in [0.15, 0.2) is 11.0 Å². The third kappa shape index (κ3) is 6.13. The van der Waals surface area contributed by atoms with Crippen LogP contribution in [0.2, 0.25) is 0 Å². The molecule has 0 bridgehead atoms. The fourth-order valence-corrected chi connectivity index (χ4v) is 4.17. The molecule has 3 aromatic carbocycles. The molecular formula is C26H26N4O4S. The molecule has 4 rings (SSSR count). The Morgan fingerprint density at radius 1 is 0.914 bits per heavy atom. The number of carbonyl (C=O) groups excluding carboxylic acids is 1. The Balaban J connectivity index is 1.51. The Bertz CT molecular complexity index is 1260. The van der Waals surface area contributed by atoms with E-state index in [2.05, 4.69) is 15.5 Å². The van der Waals surface area contributed by atoms with Gasteiger partial charge in [-0.2, -0.15) is 0 Å². The lowest BCUT2D eigenvalue weighted by molar-refractivity contribution is -0.115. The van der Waals surface area contributed by atoms with Gasteiger partial charge in [0.1, 0.15) is 23.9 Å². The summed E-state index contributed by atoms with van der Waals surface area (Å²) in [6.45, 7) is 2.04. The van der Waals surface area contributed by atoms with Crippen molar-refractivity contribution < 1.29 is 19.0 Å². The van der Waals surface area contributed by atoms with Gasteiger partial charge in [0, 0.05) is 17.4 Å². The van der Waals surface area contributed by atoms with Gasteiger partial charge < -0.3 is 19.5 Å². The maximum absolute atomic E-state index is 12.9. The molecule has 0 saturated carbocycles. The van der Waals surface area contributed by atoms with E-state index in [4.69, 9.17) is 14.2 Å². The molecule has 8 nitrogen and oxygen atoms in total. The van der Waals surface area contributed by atoms with Gasteiger partial charge in [0.2, 0.25) is 5.91 Å². The SMILES string of the molecule is COc1ccc(OCc2nnc(SC(C)C(=O)Nc3cccc(OC)c3)n2-c2ccccc2)cc1. The third-order valence-electron chi connectivity index (χ3n) is 5.13. The molecule has 0 spiro atoms. The quantitative estimate of drug-likeness (QED) is 0.314. The number of amides is 1. The smallest absolute Gasteiger partial charge is 0.237 e. The first-order valence-corrected chi connectivity index (χ1v) is 11.8. The highest BCUT2D eigenvalue weighted by molar-refractivity contribution is 8.00. The minimum absolute atomic E-state index is 0.151. The second-order valence-electron chi connectivity index (χ2n) is 7.52. The van der Waals surface area contributed by atoms with Crippen LogP contribution in [0.4, 0.5) is 5.69 Å². The van der Waals surface area contributed by atoms with Crippen molar-refractivity contribution in [2.75, 3.05) is 19.5 Å². The van der Waals surface area contributed by atoms with Crippen LogP contribution in [-0.4, -0.2) is 40.1 Å². The van der Waals surface area contributed by atoms with Gasteiger partial charge in [0.25, 0.3) is 0 Å². The Kier molecular flexibility index (Phi) is 7.89. The molecule has 0 aliphatic rings. The highest BCUT2D eigenvalue weighted by Gasteiger charge is 2.21. The van der Waals surface area contributed by atoms with E-state index in [0.29, 0.717) is 28.2 Å². The van der Waals surface area contributed by atoms with Crippen LogP contribution in [0.3, 0.4) is 0 Å². The zero-order valence-corrected chi connectivity index (χ0v) is 20.5. The van der Waals surface area contributed by atoms with E-state index in [9.17, 15) is 4.79 Å². The molecule has 1 unspecified atom stereocenters. The van der Waals surface area contributed by atoms with Crippen molar-refractivity contribution >= 4 is 23.4 Å². The Morgan fingerprint density at radius 2 is 1.63 bits per heavy atom. The van der Waals surface area contributed by atoms with E-state index in [1.807, 2.05) is 84.3 Å². The summed E-state index contributed by atoms with van der Waals surface area (Å²) in [5.41, 5.74) is 1.55. The molecule has 9 heteroatoms. The average Bonchev–Trinajstić information content (AvgIpc) is 3.30. The van der Waals surface area contributed by atoms with Crippen LogP contribution in [0, 0.1) is 0 Å². The van der Waals surface area contributed by atoms with Crippen LogP contribution >= 0.6 is 11.8 Å². The number of hydrogen-bond acceptors (Lipinski definition) is 7. The van der Waals surface area contributed by atoms with Crippen LogP contribution in [0.15, 0.2) is 84.0 Å². The summed E-state index contributed by atoms with van der Waals surface area (Å²) >= 11 is 1.32. The fourth-order valence-electron chi connectivity index (χ4n) is 3.28. The lowest BCUT2D eigenvalue weighted by atomic mass is 10.3. The molecule has 180 valence electrons. The number of aromatic nitrogens is 3. The number of methoxy groups -OCH3 is 2. The molecule has 0 aliphatic carbocycles. The maximum atomic E-state index is 12.9. The van der Waals surface area contributed by atoms with E-state index < -0.39 is 5.25 Å². The molecule has 4 aromatic rings. The van der Waals surface area contributed by atoms with Crippen molar-refractivity contribution in [3.8, 4) is 22.9 Å². The summed E-state index contributed by atoms with van der Waals surface area (Å²) in [5.74, 6) is 2.59. The number of anilines is 1. The fraction of sp³-hybridized carbons (Fsp3) is 0.192. The number of carbonyl (C=O) groups is 1. The highest BCUT2D eigenvalue weighted by atomic mass is 32.2. The number of hydrogen-bond donors (Lipinski definition) is 1. The van der Waals surface area contributed by atoms with Crippen molar-refractivity contribution in [3.63, 3.8) is 0 Å². The van der Waals surface area contributed by atoms with Gasteiger partial charge in [-0.3, -0.25) is 9.36 Å². The van der Waals surface area contributed by atoms with Crippen LogP contribution in [0.25, 0.3) is 5.69 Å². The molecule has 1 amide bonds. The van der Waals surface area contributed by atoms with Crippen molar-refractivity contribution in [1.29, 1.82) is 0 Å². The van der Waals surface area contributed by atoms with E-state index in [1.165, 1.54) is 11.8 Å².